The highest BCUT2D eigenvalue weighted by Crippen LogP contribution is 2.30. The fourth-order valence-corrected chi connectivity index (χ4v) is 2.19. The van der Waals surface area contributed by atoms with Gasteiger partial charge < -0.3 is 4.74 Å². The first-order valence-corrected chi connectivity index (χ1v) is 7.29. The number of hydrogen-bond acceptors (Lipinski definition) is 1. The van der Waals surface area contributed by atoms with Crippen LogP contribution < -0.4 is 0 Å². The Balaban J connectivity index is 1.85. The van der Waals surface area contributed by atoms with E-state index in [-0.39, 0.29) is 0 Å². The van der Waals surface area contributed by atoms with Crippen LogP contribution in [0.1, 0.15) is 64.7 Å². The molecule has 0 N–H and O–H groups in total. The lowest BCUT2D eigenvalue weighted by Gasteiger charge is -1.98. The van der Waals surface area contributed by atoms with Gasteiger partial charge in [0.2, 0.25) is 0 Å². The summed E-state index contributed by atoms with van der Waals surface area (Å²) in [4.78, 5) is 0. The van der Waals surface area contributed by atoms with Crippen LogP contribution >= 0.6 is 0 Å². The molecule has 2 atom stereocenters. The van der Waals surface area contributed by atoms with Crippen molar-refractivity contribution in [1.29, 1.82) is 0 Å². The molecule has 1 aliphatic rings. The number of allylic oxidation sites excluding steroid dienone is 2. The van der Waals surface area contributed by atoms with Crippen molar-refractivity contribution in [2.24, 2.45) is 0 Å². The zero-order chi connectivity index (χ0) is 12.3. The van der Waals surface area contributed by atoms with E-state index in [4.69, 9.17) is 4.74 Å². The first-order valence-electron chi connectivity index (χ1n) is 7.29. The van der Waals surface area contributed by atoms with Crippen LogP contribution in [0.25, 0.3) is 0 Å². The summed E-state index contributed by atoms with van der Waals surface area (Å²) in [5.74, 6) is 0. The molecular formula is C16H28O. The molecule has 0 aromatic carbocycles. The van der Waals surface area contributed by atoms with Gasteiger partial charge in [-0.1, -0.05) is 63.7 Å². The number of epoxide rings is 1. The van der Waals surface area contributed by atoms with Crippen molar-refractivity contribution in [2.75, 3.05) is 0 Å². The van der Waals surface area contributed by atoms with E-state index in [1.165, 1.54) is 44.9 Å². The van der Waals surface area contributed by atoms with E-state index in [0.717, 1.165) is 12.8 Å². The van der Waals surface area contributed by atoms with Gasteiger partial charge in [0, 0.05) is 0 Å². The van der Waals surface area contributed by atoms with E-state index in [0.29, 0.717) is 12.2 Å². The van der Waals surface area contributed by atoms with Crippen molar-refractivity contribution >= 4 is 0 Å². The number of hydrogen-bond donors (Lipinski definition) is 0. The molecule has 98 valence electrons. The summed E-state index contributed by atoms with van der Waals surface area (Å²) < 4.78 is 5.65. The standard InChI is InChI=1S/C16H28O/c1-3-5-7-9-10-12-14-16-15(17-16)13-11-8-6-4-2/h4,8,11,15-16H,2-3,5-7,9-10,12-14H2,1H3. The zero-order valence-electron chi connectivity index (χ0n) is 11.4. The van der Waals surface area contributed by atoms with Crippen molar-refractivity contribution in [3.63, 3.8) is 0 Å². The Hall–Kier alpha value is -0.560. The zero-order valence-corrected chi connectivity index (χ0v) is 11.4. The average Bonchev–Trinajstić information content (AvgIpc) is 3.08. The van der Waals surface area contributed by atoms with Crippen LogP contribution in [0.15, 0.2) is 24.8 Å². The third kappa shape index (κ3) is 7.38. The highest BCUT2D eigenvalue weighted by Gasteiger charge is 2.36. The highest BCUT2D eigenvalue weighted by atomic mass is 16.6. The largest absolute Gasteiger partial charge is 0.369 e. The summed E-state index contributed by atoms with van der Waals surface area (Å²) in [6.07, 6.45) is 19.1. The smallest absolute Gasteiger partial charge is 0.0876 e. The third-order valence-corrected chi connectivity index (χ3v) is 3.37. The topological polar surface area (TPSA) is 12.5 Å². The summed E-state index contributed by atoms with van der Waals surface area (Å²) >= 11 is 0. The molecule has 0 aromatic heterocycles. The predicted octanol–water partition coefficient (Wildman–Crippen LogP) is 5.03. The molecule has 1 fully saturated rings. The van der Waals surface area contributed by atoms with Gasteiger partial charge in [-0.15, -0.1) is 6.58 Å². The molecule has 0 bridgehead atoms. The maximum absolute atomic E-state index is 5.65. The van der Waals surface area contributed by atoms with Crippen molar-refractivity contribution < 1.29 is 4.74 Å². The van der Waals surface area contributed by atoms with Crippen LogP contribution in [0.5, 0.6) is 0 Å². The lowest BCUT2D eigenvalue weighted by Crippen LogP contribution is -1.92. The Morgan fingerprint density at radius 3 is 2.53 bits per heavy atom. The Labute approximate surface area is 107 Å². The van der Waals surface area contributed by atoms with E-state index < -0.39 is 0 Å². The second-order valence-electron chi connectivity index (χ2n) is 5.00. The molecule has 0 amide bonds. The van der Waals surface area contributed by atoms with Gasteiger partial charge in [-0.25, -0.2) is 0 Å². The molecule has 0 aromatic rings. The minimum atomic E-state index is 0.520. The van der Waals surface area contributed by atoms with E-state index in [1.807, 2.05) is 6.08 Å². The number of unbranched alkanes of at least 4 members (excludes halogenated alkanes) is 5. The van der Waals surface area contributed by atoms with Gasteiger partial charge in [-0.2, -0.15) is 0 Å². The molecular weight excluding hydrogens is 208 g/mol. The molecule has 1 saturated heterocycles. The predicted molar refractivity (Wildman–Crippen MR) is 75.2 cm³/mol. The third-order valence-electron chi connectivity index (χ3n) is 3.37. The van der Waals surface area contributed by atoms with Crippen LogP contribution in [-0.2, 0) is 4.74 Å². The molecule has 17 heavy (non-hydrogen) atoms. The summed E-state index contributed by atoms with van der Waals surface area (Å²) in [6.45, 7) is 5.96. The van der Waals surface area contributed by atoms with E-state index >= 15 is 0 Å². The number of rotatable bonds is 11. The van der Waals surface area contributed by atoms with Gasteiger partial charge in [0.25, 0.3) is 0 Å². The van der Waals surface area contributed by atoms with Crippen LogP contribution in [0.2, 0.25) is 0 Å². The van der Waals surface area contributed by atoms with Gasteiger partial charge in [-0.05, 0) is 19.3 Å². The maximum atomic E-state index is 5.65. The van der Waals surface area contributed by atoms with Crippen molar-refractivity contribution in [1.82, 2.24) is 0 Å². The van der Waals surface area contributed by atoms with E-state index in [2.05, 4.69) is 25.7 Å². The number of ether oxygens (including phenoxy) is 1. The normalized spacial score (nSPS) is 23.1. The summed E-state index contributed by atoms with van der Waals surface area (Å²) in [6, 6.07) is 0. The molecule has 1 rings (SSSR count). The Bertz CT molecular complexity index is 220. The molecule has 0 spiro atoms. The SMILES string of the molecule is C=CCC=CCC1OC1CCCCCCCC. The minimum Gasteiger partial charge on any atom is -0.369 e. The minimum absolute atomic E-state index is 0.520. The molecule has 1 aliphatic heterocycles. The lowest BCUT2D eigenvalue weighted by molar-refractivity contribution is 0.358. The first-order chi connectivity index (χ1) is 8.38. The van der Waals surface area contributed by atoms with E-state index in [1.54, 1.807) is 0 Å². The molecule has 0 aliphatic carbocycles. The molecule has 0 saturated carbocycles. The van der Waals surface area contributed by atoms with Gasteiger partial charge in [0.15, 0.2) is 0 Å². The first kappa shape index (κ1) is 14.5. The highest BCUT2D eigenvalue weighted by molar-refractivity contribution is 4.95. The van der Waals surface area contributed by atoms with Crippen molar-refractivity contribution in [3.8, 4) is 0 Å². The molecule has 2 unspecified atom stereocenters. The van der Waals surface area contributed by atoms with Crippen LogP contribution in [0.3, 0.4) is 0 Å². The fourth-order valence-electron chi connectivity index (χ4n) is 2.19. The maximum Gasteiger partial charge on any atom is 0.0876 e. The summed E-state index contributed by atoms with van der Waals surface area (Å²) in [5, 5.41) is 0. The monoisotopic (exact) mass is 236 g/mol. The molecule has 1 heterocycles. The average molecular weight is 236 g/mol. The Kier molecular flexibility index (Phi) is 8.08. The van der Waals surface area contributed by atoms with Gasteiger partial charge in [0.1, 0.15) is 0 Å². The second-order valence-corrected chi connectivity index (χ2v) is 5.00. The van der Waals surface area contributed by atoms with E-state index in [9.17, 15) is 0 Å². The Morgan fingerprint density at radius 2 is 1.76 bits per heavy atom. The van der Waals surface area contributed by atoms with Crippen LogP contribution in [-0.4, -0.2) is 12.2 Å². The quantitative estimate of drug-likeness (QED) is 0.278. The lowest BCUT2D eigenvalue weighted by atomic mass is 10.1. The summed E-state index contributed by atoms with van der Waals surface area (Å²) in [5.41, 5.74) is 0. The van der Waals surface area contributed by atoms with Crippen LogP contribution in [0, 0.1) is 0 Å². The van der Waals surface area contributed by atoms with Gasteiger partial charge in [-0.3, -0.25) is 0 Å². The van der Waals surface area contributed by atoms with Crippen molar-refractivity contribution in [3.05, 3.63) is 24.8 Å². The molecule has 1 nitrogen and oxygen atoms in total. The second kappa shape index (κ2) is 9.47. The molecule has 1 heteroatoms. The van der Waals surface area contributed by atoms with Crippen LogP contribution in [0.4, 0.5) is 0 Å². The Morgan fingerprint density at radius 1 is 1.00 bits per heavy atom. The summed E-state index contributed by atoms with van der Waals surface area (Å²) in [7, 11) is 0. The van der Waals surface area contributed by atoms with Gasteiger partial charge >= 0.3 is 0 Å². The molecule has 0 radical (unpaired) electrons. The van der Waals surface area contributed by atoms with Crippen molar-refractivity contribution in [2.45, 2.75) is 76.9 Å². The van der Waals surface area contributed by atoms with Gasteiger partial charge in [0.05, 0.1) is 12.2 Å². The fraction of sp³-hybridized carbons (Fsp3) is 0.750.